The Morgan fingerprint density at radius 2 is 0.484 bits per heavy atom. The van der Waals surface area contributed by atoms with Gasteiger partial charge in [-0.1, -0.05) is 337 Å². The van der Waals surface area contributed by atoms with Gasteiger partial charge in [0.2, 0.25) is 0 Å². The van der Waals surface area contributed by atoms with Crippen LogP contribution in [0.4, 0.5) is 0 Å². The summed E-state index contributed by atoms with van der Waals surface area (Å²) in [5.41, 5.74) is 0. The van der Waals surface area contributed by atoms with Crippen molar-refractivity contribution in [3.05, 3.63) is 0 Å². The molecule has 0 fully saturated rings. The van der Waals surface area contributed by atoms with E-state index in [0.29, 0.717) is 25.7 Å². The second-order valence-electron chi connectivity index (χ2n) is 28.8. The van der Waals surface area contributed by atoms with Crippen LogP contribution in [-0.4, -0.2) is 96.7 Å². The van der Waals surface area contributed by atoms with Crippen LogP contribution in [0.25, 0.3) is 0 Å². The molecule has 0 aromatic heterocycles. The van der Waals surface area contributed by atoms with Crippen molar-refractivity contribution in [1.29, 1.82) is 0 Å². The van der Waals surface area contributed by atoms with E-state index in [9.17, 15) is 43.2 Å². The number of unbranched alkanes of at least 4 members (excludes halogenated alkanes) is 42. The molecule has 0 saturated heterocycles. The first-order valence-electron chi connectivity index (χ1n) is 39.3. The Kier molecular flexibility index (Phi) is 65.2. The van der Waals surface area contributed by atoms with Crippen molar-refractivity contribution in [1.82, 2.24) is 0 Å². The van der Waals surface area contributed by atoms with Crippen LogP contribution in [0, 0.1) is 17.8 Å². The molecule has 0 saturated carbocycles. The monoisotopic (exact) mass is 1400 g/mol. The van der Waals surface area contributed by atoms with Crippen LogP contribution in [0.1, 0.15) is 389 Å². The number of hydrogen-bond donors (Lipinski definition) is 3. The van der Waals surface area contributed by atoms with Gasteiger partial charge in [0.1, 0.15) is 19.3 Å². The Bertz CT molecular complexity index is 1850. The number of carbonyl (C=O) groups is 4. The van der Waals surface area contributed by atoms with Gasteiger partial charge in [0, 0.05) is 25.7 Å². The van der Waals surface area contributed by atoms with Gasteiger partial charge >= 0.3 is 39.5 Å². The number of aliphatic hydroxyl groups is 1. The highest BCUT2D eigenvalue weighted by Crippen LogP contribution is 2.45. The van der Waals surface area contributed by atoms with Gasteiger partial charge in [-0.15, -0.1) is 0 Å². The van der Waals surface area contributed by atoms with Gasteiger partial charge in [-0.25, -0.2) is 9.13 Å². The minimum Gasteiger partial charge on any atom is -0.462 e. The highest BCUT2D eigenvalue weighted by atomic mass is 31.2. The van der Waals surface area contributed by atoms with E-state index >= 15 is 0 Å². The van der Waals surface area contributed by atoms with Gasteiger partial charge in [-0.05, 0) is 43.4 Å². The highest BCUT2D eigenvalue weighted by molar-refractivity contribution is 7.47. The van der Waals surface area contributed by atoms with Crippen molar-refractivity contribution < 1.29 is 80.2 Å². The zero-order chi connectivity index (χ0) is 70.1. The fraction of sp³-hybridized carbons (Fsp3) is 0.947. The summed E-state index contributed by atoms with van der Waals surface area (Å²) in [5.74, 6) is 0.179. The summed E-state index contributed by atoms with van der Waals surface area (Å²) >= 11 is 0. The maximum Gasteiger partial charge on any atom is 0.472 e. The summed E-state index contributed by atoms with van der Waals surface area (Å²) < 4.78 is 68.5. The molecule has 0 aromatic rings. The van der Waals surface area contributed by atoms with Crippen LogP contribution in [-0.2, 0) is 65.4 Å². The Labute approximate surface area is 581 Å². The third-order valence-electron chi connectivity index (χ3n) is 17.6. The van der Waals surface area contributed by atoms with E-state index < -0.39 is 97.5 Å². The lowest BCUT2D eigenvalue weighted by molar-refractivity contribution is -0.161. The first-order chi connectivity index (χ1) is 45.7. The number of esters is 4. The zero-order valence-electron chi connectivity index (χ0n) is 62.1. The lowest BCUT2D eigenvalue weighted by Crippen LogP contribution is -2.30. The molecule has 0 aliphatic rings. The molecule has 564 valence electrons. The highest BCUT2D eigenvalue weighted by Gasteiger charge is 2.30. The molecular formula is C76H148O17P2. The molecule has 3 N–H and O–H groups in total. The zero-order valence-corrected chi connectivity index (χ0v) is 63.9. The van der Waals surface area contributed by atoms with Crippen LogP contribution in [0.2, 0.25) is 0 Å². The first kappa shape index (κ1) is 93.1. The summed E-state index contributed by atoms with van der Waals surface area (Å²) in [4.78, 5) is 72.8. The van der Waals surface area contributed by atoms with Crippen molar-refractivity contribution in [2.45, 2.75) is 407 Å². The molecule has 0 aromatic carbocycles. The molecule has 0 bridgehead atoms. The molecule has 5 atom stereocenters. The number of hydrogen-bond acceptors (Lipinski definition) is 15. The minimum absolute atomic E-state index is 0.107. The van der Waals surface area contributed by atoms with Crippen LogP contribution in [0.5, 0.6) is 0 Å². The molecule has 0 spiro atoms. The largest absolute Gasteiger partial charge is 0.472 e. The van der Waals surface area contributed by atoms with Gasteiger partial charge in [0.25, 0.3) is 0 Å². The van der Waals surface area contributed by atoms with E-state index in [1.54, 1.807) is 0 Å². The van der Waals surface area contributed by atoms with Gasteiger partial charge < -0.3 is 33.8 Å². The second kappa shape index (κ2) is 66.6. The van der Waals surface area contributed by atoms with E-state index in [1.807, 2.05) is 0 Å². The Hall–Kier alpha value is -1.94. The number of phosphoric acid groups is 2. The smallest absolute Gasteiger partial charge is 0.462 e. The predicted molar refractivity (Wildman–Crippen MR) is 386 cm³/mol. The quantitative estimate of drug-likeness (QED) is 0.0222. The summed E-state index contributed by atoms with van der Waals surface area (Å²) in [6.07, 6.45) is 52.6. The summed E-state index contributed by atoms with van der Waals surface area (Å²) in [7, 11) is -9.91. The average molecular weight is 1400 g/mol. The van der Waals surface area contributed by atoms with Crippen molar-refractivity contribution in [2.24, 2.45) is 17.8 Å². The number of ether oxygens (including phenoxy) is 4. The Morgan fingerprint density at radius 1 is 0.284 bits per heavy atom. The fourth-order valence-electron chi connectivity index (χ4n) is 11.6. The molecule has 0 heterocycles. The molecule has 2 unspecified atom stereocenters. The Balaban J connectivity index is 5.26. The number of aliphatic hydroxyl groups excluding tert-OH is 1. The van der Waals surface area contributed by atoms with Crippen LogP contribution >= 0.6 is 15.6 Å². The standard InChI is InChI=1S/C76H148O17P2/c1-8-9-10-11-12-13-14-16-24-29-38-45-52-59-75(80)93-72(64-87-74(79)58-51-44-37-32-31-35-42-49-56-69(6)7)66-91-95(84,85)89-62-70(77)61-88-94(82,83)90-65-71(63-86-73(78)57-50-43-36-28-23-20-19-22-27-34-41-48-55-68(4)5)92-76(81)60-53-46-39-30-25-18-15-17-21-26-33-40-47-54-67(2)3/h67-72,77H,8-66H2,1-7H3,(H,82,83)(H,84,85)/t70-,71-,72-/m1/s1. The van der Waals surface area contributed by atoms with E-state index in [0.717, 1.165) is 108 Å². The van der Waals surface area contributed by atoms with Gasteiger partial charge in [-0.2, -0.15) is 0 Å². The molecule has 0 amide bonds. The van der Waals surface area contributed by atoms with E-state index in [2.05, 4.69) is 48.5 Å². The van der Waals surface area contributed by atoms with Gasteiger partial charge in [0.05, 0.1) is 26.4 Å². The van der Waals surface area contributed by atoms with E-state index in [1.165, 1.54) is 199 Å². The fourth-order valence-corrected chi connectivity index (χ4v) is 13.2. The molecule has 0 radical (unpaired) electrons. The number of rotatable bonds is 74. The van der Waals surface area contributed by atoms with Crippen molar-refractivity contribution >= 4 is 39.5 Å². The SMILES string of the molecule is CCCCCCCCCCCCCCCC(=O)O[C@H](COC(=O)CCCCCCCCCCC(C)C)COP(=O)(O)OC[C@H](O)COP(=O)(O)OC[C@@H](COC(=O)CCCCCCCCCCCCCCC(C)C)OC(=O)CCCCCCCCCCCCCCCC(C)C. The molecule has 0 aliphatic carbocycles. The molecule has 17 nitrogen and oxygen atoms in total. The summed E-state index contributed by atoms with van der Waals surface area (Å²) in [6.45, 7) is 11.9. The van der Waals surface area contributed by atoms with Crippen molar-refractivity contribution in [3.63, 3.8) is 0 Å². The normalized spacial score (nSPS) is 14.1. The van der Waals surface area contributed by atoms with Gasteiger partial charge in [0.15, 0.2) is 12.2 Å². The topological polar surface area (TPSA) is 237 Å². The molecular weight excluding hydrogens is 1250 g/mol. The Morgan fingerprint density at radius 3 is 0.716 bits per heavy atom. The van der Waals surface area contributed by atoms with Crippen LogP contribution in [0.15, 0.2) is 0 Å². The maximum atomic E-state index is 13.1. The predicted octanol–water partition coefficient (Wildman–Crippen LogP) is 22.2. The molecule has 0 aliphatic heterocycles. The average Bonchev–Trinajstić information content (AvgIpc) is 2.40. The number of phosphoric ester groups is 2. The minimum atomic E-state index is -4.96. The molecule has 0 rings (SSSR count). The molecule has 95 heavy (non-hydrogen) atoms. The third kappa shape index (κ3) is 70.3. The second-order valence-corrected chi connectivity index (χ2v) is 31.7. The van der Waals surface area contributed by atoms with E-state index in [-0.39, 0.29) is 25.7 Å². The van der Waals surface area contributed by atoms with Crippen LogP contribution in [0.3, 0.4) is 0 Å². The number of carbonyl (C=O) groups excluding carboxylic acids is 4. The van der Waals surface area contributed by atoms with Crippen molar-refractivity contribution in [2.75, 3.05) is 39.6 Å². The maximum absolute atomic E-state index is 13.1. The third-order valence-corrected chi connectivity index (χ3v) is 19.5. The lowest BCUT2D eigenvalue weighted by atomic mass is 10.0. The summed E-state index contributed by atoms with van der Waals surface area (Å²) in [5, 5.41) is 10.6. The van der Waals surface area contributed by atoms with Crippen molar-refractivity contribution in [3.8, 4) is 0 Å². The van der Waals surface area contributed by atoms with Gasteiger partial charge in [-0.3, -0.25) is 37.3 Å². The first-order valence-corrected chi connectivity index (χ1v) is 42.3. The lowest BCUT2D eigenvalue weighted by Gasteiger charge is -2.21. The van der Waals surface area contributed by atoms with Crippen LogP contribution < -0.4 is 0 Å². The summed E-state index contributed by atoms with van der Waals surface area (Å²) in [6, 6.07) is 0. The molecule has 19 heteroatoms. The van der Waals surface area contributed by atoms with E-state index in [4.69, 9.17) is 37.0 Å².